The average molecular weight is 450 g/mol. The molecule has 0 unspecified atom stereocenters. The summed E-state index contributed by atoms with van der Waals surface area (Å²) in [5.74, 6) is -0.530. The minimum absolute atomic E-state index is 0.104. The summed E-state index contributed by atoms with van der Waals surface area (Å²) >= 11 is 0. The number of carbonyl (C=O) groups is 1. The third kappa shape index (κ3) is 7.20. The van der Waals surface area contributed by atoms with Gasteiger partial charge in [-0.25, -0.2) is 4.39 Å². The number of nitrogens with two attached hydrogens (primary N) is 2. The van der Waals surface area contributed by atoms with E-state index in [1.807, 2.05) is 31.3 Å². The van der Waals surface area contributed by atoms with Crippen LogP contribution in [0.1, 0.15) is 15.9 Å². The molecule has 0 saturated carbocycles. The summed E-state index contributed by atoms with van der Waals surface area (Å²) in [6.07, 6.45) is 0.104. The van der Waals surface area contributed by atoms with Crippen molar-refractivity contribution in [1.29, 1.82) is 0 Å². The maximum Gasteiger partial charge on any atom is 0.167 e. The van der Waals surface area contributed by atoms with Crippen molar-refractivity contribution in [3.05, 3.63) is 83.7 Å². The second-order valence-electron chi connectivity index (χ2n) is 7.53. The third-order valence-corrected chi connectivity index (χ3v) is 5.05. The number of carbonyl (C=O) groups excluding carboxylic acids is 1. The zero-order chi connectivity index (χ0) is 23.6. The lowest BCUT2D eigenvalue weighted by Gasteiger charge is -2.19. The van der Waals surface area contributed by atoms with Gasteiger partial charge in [0.15, 0.2) is 5.78 Å². The van der Waals surface area contributed by atoms with Crippen molar-refractivity contribution in [2.45, 2.75) is 6.42 Å². The highest BCUT2D eigenvalue weighted by molar-refractivity contribution is 5.98. The van der Waals surface area contributed by atoms with Crippen molar-refractivity contribution < 1.29 is 13.9 Å². The van der Waals surface area contributed by atoms with E-state index in [4.69, 9.17) is 16.2 Å². The van der Waals surface area contributed by atoms with Gasteiger partial charge < -0.3 is 21.1 Å². The van der Waals surface area contributed by atoms with Crippen molar-refractivity contribution in [2.24, 2.45) is 16.0 Å². The fourth-order valence-electron chi connectivity index (χ4n) is 3.12. The zero-order valence-corrected chi connectivity index (χ0v) is 18.6. The topological polar surface area (TPSA) is 106 Å². The molecular weight excluding hydrogens is 421 g/mol. The van der Waals surface area contributed by atoms with E-state index in [0.29, 0.717) is 36.6 Å². The van der Waals surface area contributed by atoms with Gasteiger partial charge in [-0.2, -0.15) is 10.2 Å². The largest absolute Gasteiger partial charge is 0.398 e. The van der Waals surface area contributed by atoms with Crippen LogP contribution in [0.5, 0.6) is 0 Å². The first-order valence-corrected chi connectivity index (χ1v) is 10.6. The van der Waals surface area contributed by atoms with Gasteiger partial charge in [-0.15, -0.1) is 0 Å². The number of halogens is 1. The minimum Gasteiger partial charge on any atom is -0.398 e. The van der Waals surface area contributed by atoms with Gasteiger partial charge in [0.1, 0.15) is 5.82 Å². The summed E-state index contributed by atoms with van der Waals surface area (Å²) in [4.78, 5) is 14.6. The Balaban J connectivity index is 1.55. The molecule has 0 bridgehead atoms. The van der Waals surface area contributed by atoms with Crippen molar-refractivity contribution in [1.82, 2.24) is 0 Å². The molecule has 0 amide bonds. The Morgan fingerprint density at radius 1 is 0.970 bits per heavy atom. The highest BCUT2D eigenvalue weighted by atomic mass is 19.1. The first-order chi connectivity index (χ1) is 16.0. The first kappa shape index (κ1) is 24.0. The van der Waals surface area contributed by atoms with E-state index >= 15 is 0 Å². The molecule has 3 rings (SSSR count). The Morgan fingerprint density at radius 3 is 2.21 bits per heavy atom. The molecule has 0 aliphatic heterocycles. The normalized spacial score (nSPS) is 11.1. The van der Waals surface area contributed by atoms with E-state index < -0.39 is 5.82 Å². The maximum absolute atomic E-state index is 13.2. The number of likely N-dealkylation sites (N-methyl/N-ethyl adjacent to an activating group) is 1. The molecule has 4 N–H and O–H groups in total. The van der Waals surface area contributed by atoms with Crippen molar-refractivity contribution in [3.8, 4) is 0 Å². The number of hydrogen-bond donors (Lipinski definition) is 2. The lowest BCUT2D eigenvalue weighted by molar-refractivity contribution is 0.0993. The molecule has 0 radical (unpaired) electrons. The van der Waals surface area contributed by atoms with Crippen LogP contribution in [0.4, 0.5) is 27.1 Å². The van der Waals surface area contributed by atoms with E-state index in [-0.39, 0.29) is 17.9 Å². The second kappa shape index (κ2) is 11.8. The van der Waals surface area contributed by atoms with Gasteiger partial charge in [-0.1, -0.05) is 6.07 Å². The maximum atomic E-state index is 13.2. The van der Waals surface area contributed by atoms with Gasteiger partial charge >= 0.3 is 0 Å². The van der Waals surface area contributed by atoms with Crippen LogP contribution >= 0.6 is 0 Å². The number of anilines is 2. The molecule has 0 saturated heterocycles. The molecule has 172 valence electrons. The Hall–Kier alpha value is -3.62. The molecule has 0 atom stereocenters. The van der Waals surface area contributed by atoms with Crippen molar-refractivity contribution >= 4 is 28.5 Å². The standard InChI is InChI=1S/C25H28FN5O2/c1-31(13-15-33-14-12-27)23-10-8-22(9-11-23)30-29-21-6-3-18(4-7-21)25(32)16-19-2-5-20(26)17-24(19)28/h2-11,17H,12-16,27-28H2,1H3. The van der Waals surface area contributed by atoms with E-state index in [9.17, 15) is 9.18 Å². The van der Waals surface area contributed by atoms with Crippen LogP contribution in [0.25, 0.3) is 0 Å². The predicted molar refractivity (Wildman–Crippen MR) is 129 cm³/mol. The smallest absolute Gasteiger partial charge is 0.167 e. The van der Waals surface area contributed by atoms with E-state index in [0.717, 1.165) is 17.9 Å². The Labute approximate surface area is 192 Å². The minimum atomic E-state index is -0.423. The number of ketones is 1. The summed E-state index contributed by atoms with van der Waals surface area (Å²) in [6.45, 7) is 2.46. The molecule has 33 heavy (non-hydrogen) atoms. The van der Waals surface area contributed by atoms with Gasteiger partial charge in [-0.3, -0.25) is 4.79 Å². The molecule has 8 heteroatoms. The first-order valence-electron chi connectivity index (χ1n) is 10.6. The van der Waals surface area contributed by atoms with Crippen molar-refractivity contribution in [3.63, 3.8) is 0 Å². The van der Waals surface area contributed by atoms with E-state index in [1.165, 1.54) is 18.2 Å². The van der Waals surface area contributed by atoms with Crippen LogP contribution in [-0.4, -0.2) is 39.1 Å². The van der Waals surface area contributed by atoms with Gasteiger partial charge in [-0.05, 0) is 66.2 Å². The molecule has 3 aromatic rings. The molecule has 7 nitrogen and oxygen atoms in total. The van der Waals surface area contributed by atoms with Crippen LogP contribution < -0.4 is 16.4 Å². The predicted octanol–water partition coefficient (Wildman–Crippen LogP) is 4.66. The zero-order valence-electron chi connectivity index (χ0n) is 18.6. The average Bonchev–Trinajstić information content (AvgIpc) is 2.83. The molecule has 0 aliphatic rings. The highest BCUT2D eigenvalue weighted by Crippen LogP contribution is 2.23. The monoisotopic (exact) mass is 449 g/mol. The number of nitrogen functional groups attached to an aromatic ring is 1. The van der Waals surface area contributed by atoms with Gasteiger partial charge in [0.25, 0.3) is 0 Å². The van der Waals surface area contributed by atoms with Gasteiger partial charge in [0, 0.05) is 43.5 Å². The highest BCUT2D eigenvalue weighted by Gasteiger charge is 2.10. The lowest BCUT2D eigenvalue weighted by Crippen LogP contribution is -2.23. The van der Waals surface area contributed by atoms with Gasteiger partial charge in [0.2, 0.25) is 0 Å². The number of benzene rings is 3. The summed E-state index contributed by atoms with van der Waals surface area (Å²) in [5.41, 5.74) is 15.0. The summed E-state index contributed by atoms with van der Waals surface area (Å²) in [7, 11) is 2.00. The fourth-order valence-corrected chi connectivity index (χ4v) is 3.12. The van der Waals surface area contributed by atoms with Crippen molar-refractivity contribution in [2.75, 3.05) is 44.0 Å². The number of azo groups is 1. The molecule has 0 aromatic heterocycles. The molecule has 0 heterocycles. The van der Waals surface area contributed by atoms with Crippen LogP contribution in [0.3, 0.4) is 0 Å². The third-order valence-electron chi connectivity index (χ3n) is 5.05. The molecule has 0 fully saturated rings. The van der Waals surface area contributed by atoms with E-state index in [2.05, 4.69) is 15.1 Å². The number of rotatable bonds is 11. The Bertz CT molecular complexity index is 1080. The Kier molecular flexibility index (Phi) is 8.63. The summed E-state index contributed by atoms with van der Waals surface area (Å²) in [5, 5.41) is 8.49. The molecular formula is C25H28FN5O2. The van der Waals surface area contributed by atoms with Crippen LogP contribution in [0.2, 0.25) is 0 Å². The summed E-state index contributed by atoms with van der Waals surface area (Å²) < 4.78 is 18.6. The van der Waals surface area contributed by atoms with Crippen LogP contribution in [-0.2, 0) is 11.2 Å². The quantitative estimate of drug-likeness (QED) is 0.192. The molecule has 0 spiro atoms. The SMILES string of the molecule is CN(CCOCCN)c1ccc(N=Nc2ccc(C(=O)Cc3ccc(F)cc3N)cc2)cc1. The molecule has 0 aliphatic carbocycles. The second-order valence-corrected chi connectivity index (χ2v) is 7.53. The Morgan fingerprint density at radius 2 is 1.61 bits per heavy atom. The van der Waals surface area contributed by atoms with Crippen LogP contribution in [0, 0.1) is 5.82 Å². The van der Waals surface area contributed by atoms with E-state index in [1.54, 1.807) is 24.3 Å². The van der Waals surface area contributed by atoms with Crippen LogP contribution in [0.15, 0.2) is 77.0 Å². The number of Topliss-reactive ketones (excluding diaryl/α,β-unsaturated/α-hetero) is 1. The summed E-state index contributed by atoms with van der Waals surface area (Å²) in [6, 6.07) is 18.6. The number of hydrogen-bond acceptors (Lipinski definition) is 7. The fraction of sp³-hybridized carbons (Fsp3) is 0.240. The molecule has 3 aromatic carbocycles. The number of ether oxygens (including phenoxy) is 1. The van der Waals surface area contributed by atoms with Gasteiger partial charge in [0.05, 0.1) is 24.6 Å². The lowest BCUT2D eigenvalue weighted by atomic mass is 10.0. The number of nitrogens with zero attached hydrogens (tertiary/aromatic N) is 3.